The molecule has 7 heteroatoms. The van der Waals surface area contributed by atoms with Gasteiger partial charge in [-0.05, 0) is 36.9 Å². The Morgan fingerprint density at radius 2 is 1.71 bits per heavy atom. The van der Waals surface area contributed by atoms with E-state index < -0.39 is 0 Å². The monoisotopic (exact) mass is 426 g/mol. The van der Waals surface area contributed by atoms with Gasteiger partial charge in [0.05, 0.1) is 25.8 Å². The Labute approximate surface area is 185 Å². The number of amides is 1. The van der Waals surface area contributed by atoms with Crippen molar-refractivity contribution in [1.29, 1.82) is 0 Å². The minimum absolute atomic E-state index is 0.109. The second-order valence-corrected chi connectivity index (χ2v) is 8.12. The van der Waals surface area contributed by atoms with Crippen molar-refractivity contribution in [3.05, 3.63) is 53.6 Å². The Balaban J connectivity index is 1.77. The predicted molar refractivity (Wildman–Crippen MR) is 124 cm³/mol. The summed E-state index contributed by atoms with van der Waals surface area (Å²) in [4.78, 5) is 19.9. The third-order valence-corrected chi connectivity index (χ3v) is 5.88. The fraction of sp³-hybridized carbons (Fsp3) is 0.458. The zero-order valence-corrected chi connectivity index (χ0v) is 19.2. The van der Waals surface area contributed by atoms with Crippen molar-refractivity contribution in [2.75, 3.05) is 73.0 Å². The molecule has 0 radical (unpaired) electrons. The van der Waals surface area contributed by atoms with Gasteiger partial charge in [0.15, 0.2) is 0 Å². The van der Waals surface area contributed by atoms with Crippen LogP contribution >= 0.6 is 0 Å². The normalized spacial score (nSPS) is 15.9. The highest BCUT2D eigenvalue weighted by atomic mass is 16.5. The number of likely N-dealkylation sites (N-methyl/N-ethyl adjacent to an activating group) is 1. The Morgan fingerprint density at radius 3 is 2.29 bits per heavy atom. The topological polar surface area (TPSA) is 57.3 Å². The molecule has 1 saturated heterocycles. The Morgan fingerprint density at radius 1 is 1.03 bits per heavy atom. The lowest BCUT2D eigenvalue weighted by Gasteiger charge is -2.38. The van der Waals surface area contributed by atoms with Gasteiger partial charge in [-0.2, -0.15) is 0 Å². The summed E-state index contributed by atoms with van der Waals surface area (Å²) in [6, 6.07) is 13.9. The van der Waals surface area contributed by atoms with E-state index in [-0.39, 0.29) is 11.9 Å². The van der Waals surface area contributed by atoms with E-state index in [1.807, 2.05) is 14.1 Å². The van der Waals surface area contributed by atoms with Crippen LogP contribution < -0.4 is 19.7 Å². The summed E-state index contributed by atoms with van der Waals surface area (Å²) in [6.07, 6.45) is 0. The fourth-order valence-electron chi connectivity index (χ4n) is 3.86. The quantitative estimate of drug-likeness (QED) is 0.700. The van der Waals surface area contributed by atoms with Gasteiger partial charge in [-0.3, -0.25) is 9.69 Å². The maximum absolute atomic E-state index is 13.0. The first-order valence-corrected chi connectivity index (χ1v) is 10.6. The van der Waals surface area contributed by atoms with Gasteiger partial charge in [-0.25, -0.2) is 0 Å². The molecule has 0 spiro atoms. The summed E-state index contributed by atoms with van der Waals surface area (Å²) >= 11 is 0. The van der Waals surface area contributed by atoms with Crippen LogP contribution in [0, 0.1) is 0 Å². The van der Waals surface area contributed by atoms with Crippen LogP contribution in [0.3, 0.4) is 0 Å². The fourth-order valence-corrected chi connectivity index (χ4v) is 3.86. The van der Waals surface area contributed by atoms with Crippen LogP contribution in [0.5, 0.6) is 11.5 Å². The summed E-state index contributed by atoms with van der Waals surface area (Å²) < 4.78 is 10.6. The van der Waals surface area contributed by atoms with E-state index >= 15 is 0 Å². The summed E-state index contributed by atoms with van der Waals surface area (Å²) in [6.45, 7) is 4.51. The molecular weight excluding hydrogens is 392 g/mol. The van der Waals surface area contributed by atoms with E-state index in [0.717, 1.165) is 31.9 Å². The summed E-state index contributed by atoms with van der Waals surface area (Å²) in [5.74, 6) is 1.01. The number of anilines is 1. The summed E-state index contributed by atoms with van der Waals surface area (Å²) in [5.41, 5.74) is 2.87. The molecule has 31 heavy (non-hydrogen) atoms. The number of hydrogen-bond donors (Lipinski definition) is 1. The number of carbonyl (C=O) groups excluding carboxylic acids is 1. The molecule has 1 fully saturated rings. The molecule has 2 aromatic rings. The minimum Gasteiger partial charge on any atom is -0.497 e. The molecule has 1 aliphatic heterocycles. The average Bonchev–Trinajstić information content (AvgIpc) is 2.80. The highest BCUT2D eigenvalue weighted by Crippen LogP contribution is 2.26. The number of piperazine rings is 1. The Kier molecular flexibility index (Phi) is 7.76. The number of benzene rings is 2. The molecule has 1 atom stereocenters. The predicted octanol–water partition coefficient (Wildman–Crippen LogP) is 2.49. The molecule has 0 aromatic heterocycles. The average molecular weight is 427 g/mol. The molecule has 1 heterocycles. The smallest absolute Gasteiger partial charge is 0.255 e. The van der Waals surface area contributed by atoms with Gasteiger partial charge in [0.2, 0.25) is 0 Å². The number of methoxy groups -OCH3 is 2. The number of ether oxygens (including phenoxy) is 2. The minimum atomic E-state index is -0.149. The molecule has 1 aliphatic rings. The molecule has 0 unspecified atom stereocenters. The maximum atomic E-state index is 13.0. The molecule has 0 bridgehead atoms. The van der Waals surface area contributed by atoms with Crippen LogP contribution in [0.15, 0.2) is 42.5 Å². The van der Waals surface area contributed by atoms with Crippen LogP contribution in [-0.2, 0) is 0 Å². The second kappa shape index (κ2) is 10.5. The van der Waals surface area contributed by atoms with Crippen molar-refractivity contribution in [2.45, 2.75) is 6.04 Å². The molecule has 1 amide bonds. The van der Waals surface area contributed by atoms with Crippen LogP contribution in [0.4, 0.5) is 5.69 Å². The molecule has 3 rings (SSSR count). The highest BCUT2D eigenvalue weighted by molar-refractivity contribution is 5.97. The van der Waals surface area contributed by atoms with Crippen molar-refractivity contribution >= 4 is 11.6 Å². The van der Waals surface area contributed by atoms with Crippen LogP contribution in [0.25, 0.3) is 0 Å². The molecule has 168 valence electrons. The van der Waals surface area contributed by atoms with Gasteiger partial charge >= 0.3 is 0 Å². The maximum Gasteiger partial charge on any atom is 0.255 e. The zero-order valence-electron chi connectivity index (χ0n) is 19.2. The van der Waals surface area contributed by atoms with Crippen molar-refractivity contribution in [3.63, 3.8) is 0 Å². The summed E-state index contributed by atoms with van der Waals surface area (Å²) in [7, 11) is 9.38. The SMILES string of the molecule is COc1ccc(C(=O)NC[C@@H](c2ccc(N(C)C)cc2)N2CCN(C)CC2)c(OC)c1. The van der Waals surface area contributed by atoms with E-state index in [2.05, 4.69) is 51.3 Å². The van der Waals surface area contributed by atoms with Crippen LogP contribution in [0.2, 0.25) is 0 Å². The molecular formula is C24H34N4O3. The van der Waals surface area contributed by atoms with Gasteiger partial charge in [-0.1, -0.05) is 12.1 Å². The first kappa shape index (κ1) is 22.9. The van der Waals surface area contributed by atoms with Crippen molar-refractivity contribution in [3.8, 4) is 11.5 Å². The van der Waals surface area contributed by atoms with Crippen molar-refractivity contribution in [2.24, 2.45) is 0 Å². The number of nitrogens with zero attached hydrogens (tertiary/aromatic N) is 3. The standard InChI is InChI=1S/C24H34N4O3/c1-26(2)19-8-6-18(7-9-19)22(28-14-12-27(3)13-15-28)17-25-24(29)21-11-10-20(30-4)16-23(21)31-5/h6-11,16,22H,12-15,17H2,1-5H3,(H,25,29)/t22-/m0/s1. The van der Waals surface area contributed by atoms with Gasteiger partial charge in [-0.15, -0.1) is 0 Å². The van der Waals surface area contributed by atoms with E-state index in [4.69, 9.17) is 9.47 Å². The van der Waals surface area contributed by atoms with E-state index in [1.54, 1.807) is 32.4 Å². The first-order valence-electron chi connectivity index (χ1n) is 10.6. The van der Waals surface area contributed by atoms with E-state index in [0.29, 0.717) is 23.6 Å². The number of nitrogens with one attached hydrogen (secondary N) is 1. The lowest BCUT2D eigenvalue weighted by Crippen LogP contribution is -2.48. The molecule has 0 saturated carbocycles. The van der Waals surface area contributed by atoms with Gasteiger partial charge < -0.3 is 24.6 Å². The van der Waals surface area contributed by atoms with E-state index in [1.165, 1.54) is 5.56 Å². The third-order valence-electron chi connectivity index (χ3n) is 5.88. The van der Waals surface area contributed by atoms with Crippen LogP contribution in [-0.4, -0.2) is 83.8 Å². The molecule has 2 aromatic carbocycles. The number of carbonyl (C=O) groups is 1. The van der Waals surface area contributed by atoms with Gasteiger partial charge in [0.25, 0.3) is 5.91 Å². The lowest BCUT2D eigenvalue weighted by atomic mass is 10.0. The molecule has 0 aliphatic carbocycles. The first-order chi connectivity index (χ1) is 14.9. The molecule has 7 nitrogen and oxygen atoms in total. The number of hydrogen-bond acceptors (Lipinski definition) is 6. The third kappa shape index (κ3) is 5.68. The molecule has 1 N–H and O–H groups in total. The Hall–Kier alpha value is -2.77. The van der Waals surface area contributed by atoms with Crippen molar-refractivity contribution in [1.82, 2.24) is 15.1 Å². The Bertz CT molecular complexity index is 862. The number of rotatable bonds is 8. The van der Waals surface area contributed by atoms with Crippen molar-refractivity contribution < 1.29 is 14.3 Å². The zero-order chi connectivity index (χ0) is 22.4. The van der Waals surface area contributed by atoms with Gasteiger partial charge in [0.1, 0.15) is 11.5 Å². The van der Waals surface area contributed by atoms with Gasteiger partial charge in [0, 0.05) is 58.6 Å². The van der Waals surface area contributed by atoms with Crippen LogP contribution in [0.1, 0.15) is 22.0 Å². The largest absolute Gasteiger partial charge is 0.497 e. The second-order valence-electron chi connectivity index (χ2n) is 8.12. The highest BCUT2D eigenvalue weighted by Gasteiger charge is 2.25. The lowest BCUT2D eigenvalue weighted by molar-refractivity contribution is 0.0883. The van der Waals surface area contributed by atoms with E-state index in [9.17, 15) is 4.79 Å². The summed E-state index contributed by atoms with van der Waals surface area (Å²) in [5, 5.41) is 3.13.